The van der Waals surface area contributed by atoms with Crippen LogP contribution < -0.4 is 0 Å². The zero-order valence-electron chi connectivity index (χ0n) is 10.6. The van der Waals surface area contributed by atoms with Gasteiger partial charge in [-0.25, -0.2) is 0 Å². The van der Waals surface area contributed by atoms with E-state index in [2.05, 4.69) is 22.6 Å². The van der Waals surface area contributed by atoms with E-state index in [9.17, 15) is 9.59 Å². The van der Waals surface area contributed by atoms with Gasteiger partial charge in [0.05, 0.1) is 0 Å². The average molecular weight is 361 g/mol. The molecule has 0 aliphatic rings. The molecule has 1 amide bonds. The van der Waals surface area contributed by atoms with Gasteiger partial charge in [0.1, 0.15) is 6.54 Å². The van der Waals surface area contributed by atoms with Crippen molar-refractivity contribution >= 4 is 34.5 Å². The van der Waals surface area contributed by atoms with Crippen LogP contribution in [0.15, 0.2) is 24.3 Å². The molecule has 0 spiro atoms. The lowest BCUT2D eigenvalue weighted by Gasteiger charge is -2.34. The summed E-state index contributed by atoms with van der Waals surface area (Å²) in [5.74, 6) is -1.27. The van der Waals surface area contributed by atoms with Crippen LogP contribution in [-0.2, 0) is 4.79 Å². The number of hydrogen-bond donors (Lipinski definition) is 1. The molecule has 0 heterocycles. The van der Waals surface area contributed by atoms with Crippen molar-refractivity contribution < 1.29 is 14.7 Å². The zero-order chi connectivity index (χ0) is 13.9. The van der Waals surface area contributed by atoms with Crippen LogP contribution in [0.25, 0.3) is 0 Å². The van der Waals surface area contributed by atoms with E-state index in [4.69, 9.17) is 5.11 Å². The molecule has 0 saturated carbocycles. The lowest BCUT2D eigenvalue weighted by molar-refractivity contribution is -0.138. The maximum atomic E-state index is 12.3. The van der Waals surface area contributed by atoms with Gasteiger partial charge in [-0.1, -0.05) is 6.07 Å². The summed E-state index contributed by atoms with van der Waals surface area (Å²) in [7, 11) is 0. The van der Waals surface area contributed by atoms with Crippen molar-refractivity contribution in [3.8, 4) is 0 Å². The highest BCUT2D eigenvalue weighted by Gasteiger charge is 2.29. The monoisotopic (exact) mass is 361 g/mol. The van der Waals surface area contributed by atoms with Crippen LogP contribution in [-0.4, -0.2) is 34.0 Å². The molecule has 0 aromatic heterocycles. The fraction of sp³-hybridized carbons (Fsp3) is 0.385. The molecule has 0 aliphatic heterocycles. The van der Waals surface area contributed by atoms with Crippen molar-refractivity contribution in [2.24, 2.45) is 0 Å². The highest BCUT2D eigenvalue weighted by atomic mass is 127. The minimum absolute atomic E-state index is 0.261. The largest absolute Gasteiger partial charge is 0.480 e. The van der Waals surface area contributed by atoms with E-state index in [0.717, 1.165) is 3.57 Å². The third-order valence-corrected chi connectivity index (χ3v) is 3.09. The van der Waals surface area contributed by atoms with E-state index in [1.165, 1.54) is 4.90 Å². The summed E-state index contributed by atoms with van der Waals surface area (Å²) in [5, 5.41) is 8.90. The Hall–Kier alpha value is -1.11. The summed E-state index contributed by atoms with van der Waals surface area (Å²) in [6.45, 7) is 5.17. The Labute approximate surface area is 120 Å². The molecule has 0 radical (unpaired) electrons. The summed E-state index contributed by atoms with van der Waals surface area (Å²) < 4.78 is 0.947. The summed E-state index contributed by atoms with van der Waals surface area (Å²) in [4.78, 5) is 24.6. The van der Waals surface area contributed by atoms with Gasteiger partial charge in [-0.3, -0.25) is 9.59 Å². The van der Waals surface area contributed by atoms with Crippen molar-refractivity contribution in [1.82, 2.24) is 4.90 Å². The van der Waals surface area contributed by atoms with Crippen molar-refractivity contribution in [2.75, 3.05) is 6.54 Å². The molecule has 1 aromatic carbocycles. The Kier molecular flexibility index (Phi) is 4.72. The third-order valence-electron chi connectivity index (χ3n) is 2.42. The van der Waals surface area contributed by atoms with Gasteiger partial charge in [0, 0.05) is 14.7 Å². The predicted octanol–water partition coefficient (Wildman–Crippen LogP) is 2.62. The van der Waals surface area contributed by atoms with Crippen LogP contribution in [0.4, 0.5) is 0 Å². The van der Waals surface area contributed by atoms with Crippen molar-refractivity contribution in [1.29, 1.82) is 0 Å². The first-order valence-electron chi connectivity index (χ1n) is 5.51. The van der Waals surface area contributed by atoms with Gasteiger partial charge < -0.3 is 10.0 Å². The van der Waals surface area contributed by atoms with Gasteiger partial charge in [0.25, 0.3) is 5.91 Å². The Morgan fingerprint density at radius 1 is 1.33 bits per heavy atom. The number of rotatable bonds is 3. The third kappa shape index (κ3) is 3.97. The van der Waals surface area contributed by atoms with Gasteiger partial charge in [0.2, 0.25) is 0 Å². The number of benzene rings is 1. The van der Waals surface area contributed by atoms with Gasteiger partial charge in [-0.05, 0) is 61.6 Å². The minimum Gasteiger partial charge on any atom is -0.480 e. The summed E-state index contributed by atoms with van der Waals surface area (Å²) in [6, 6.07) is 7.13. The van der Waals surface area contributed by atoms with Crippen LogP contribution in [0.1, 0.15) is 31.1 Å². The molecule has 0 saturated heterocycles. The Morgan fingerprint density at radius 2 is 1.94 bits per heavy atom. The molecule has 1 rings (SSSR count). The number of nitrogens with zero attached hydrogens (tertiary/aromatic N) is 1. The molecule has 98 valence electrons. The van der Waals surface area contributed by atoms with Crippen LogP contribution >= 0.6 is 22.6 Å². The van der Waals surface area contributed by atoms with E-state index in [-0.39, 0.29) is 12.5 Å². The fourth-order valence-electron chi connectivity index (χ4n) is 1.53. The summed E-state index contributed by atoms with van der Waals surface area (Å²) in [5.41, 5.74) is -0.0189. The van der Waals surface area contributed by atoms with Crippen molar-refractivity contribution in [3.05, 3.63) is 33.4 Å². The maximum Gasteiger partial charge on any atom is 0.323 e. The van der Waals surface area contributed by atoms with Crippen molar-refractivity contribution in [2.45, 2.75) is 26.3 Å². The molecule has 0 atom stereocenters. The van der Waals surface area contributed by atoms with Gasteiger partial charge >= 0.3 is 5.97 Å². The smallest absolute Gasteiger partial charge is 0.323 e. The second kappa shape index (κ2) is 5.69. The molecule has 0 bridgehead atoms. The number of carbonyl (C=O) groups is 2. The highest BCUT2D eigenvalue weighted by molar-refractivity contribution is 14.1. The molecule has 5 heteroatoms. The maximum absolute atomic E-state index is 12.3. The number of amides is 1. The Morgan fingerprint density at radius 3 is 2.39 bits per heavy atom. The lowest BCUT2D eigenvalue weighted by atomic mass is 10.0. The first-order chi connectivity index (χ1) is 8.21. The quantitative estimate of drug-likeness (QED) is 0.843. The molecular weight excluding hydrogens is 345 g/mol. The number of carboxylic acids is 1. The number of hydrogen-bond acceptors (Lipinski definition) is 2. The molecule has 0 fully saturated rings. The Balaban J connectivity index is 3.06. The van der Waals surface area contributed by atoms with Gasteiger partial charge in [0.15, 0.2) is 0 Å². The topological polar surface area (TPSA) is 57.6 Å². The molecule has 1 N–H and O–H groups in total. The average Bonchev–Trinajstić information content (AvgIpc) is 2.23. The molecular formula is C13H16INO3. The van der Waals surface area contributed by atoms with E-state index in [0.29, 0.717) is 5.56 Å². The van der Waals surface area contributed by atoms with E-state index < -0.39 is 11.5 Å². The Bertz CT molecular complexity index is 466. The fourth-order valence-corrected chi connectivity index (χ4v) is 2.07. The van der Waals surface area contributed by atoms with Crippen LogP contribution in [0.2, 0.25) is 0 Å². The SMILES string of the molecule is CC(C)(C)N(CC(=O)O)C(=O)c1cccc(I)c1. The summed E-state index contributed by atoms with van der Waals surface area (Å²) >= 11 is 2.12. The molecule has 0 unspecified atom stereocenters. The van der Waals surface area contributed by atoms with Crippen LogP contribution in [0.5, 0.6) is 0 Å². The standard InChI is InChI=1S/C13H16INO3/c1-13(2,3)15(8-11(16)17)12(18)9-5-4-6-10(14)7-9/h4-7H,8H2,1-3H3,(H,16,17). The van der Waals surface area contributed by atoms with Crippen LogP contribution in [0.3, 0.4) is 0 Å². The summed E-state index contributed by atoms with van der Waals surface area (Å²) in [6.07, 6.45) is 0. The van der Waals surface area contributed by atoms with E-state index >= 15 is 0 Å². The predicted molar refractivity (Wildman–Crippen MR) is 77.6 cm³/mol. The number of carbonyl (C=O) groups excluding carboxylic acids is 1. The van der Waals surface area contributed by atoms with E-state index in [1.54, 1.807) is 18.2 Å². The number of aliphatic carboxylic acids is 1. The van der Waals surface area contributed by atoms with Gasteiger partial charge in [-0.2, -0.15) is 0 Å². The first-order valence-corrected chi connectivity index (χ1v) is 6.59. The first kappa shape index (κ1) is 14.9. The molecule has 1 aromatic rings. The molecule has 0 aliphatic carbocycles. The minimum atomic E-state index is -1.01. The van der Waals surface area contributed by atoms with Gasteiger partial charge in [-0.15, -0.1) is 0 Å². The molecule has 4 nitrogen and oxygen atoms in total. The second-order valence-corrected chi connectivity index (χ2v) is 6.21. The number of carboxylic acid groups (broad SMARTS) is 1. The normalized spacial score (nSPS) is 11.1. The number of halogens is 1. The lowest BCUT2D eigenvalue weighted by Crippen LogP contribution is -2.48. The molecule has 18 heavy (non-hydrogen) atoms. The van der Waals surface area contributed by atoms with Crippen molar-refractivity contribution in [3.63, 3.8) is 0 Å². The van der Waals surface area contributed by atoms with E-state index in [1.807, 2.05) is 26.8 Å². The zero-order valence-corrected chi connectivity index (χ0v) is 12.8. The van der Waals surface area contributed by atoms with Crippen LogP contribution in [0, 0.1) is 3.57 Å². The highest BCUT2D eigenvalue weighted by Crippen LogP contribution is 2.18. The second-order valence-electron chi connectivity index (χ2n) is 4.97.